The van der Waals surface area contributed by atoms with Crippen LogP contribution in [0.15, 0.2) is 18.2 Å². The molecule has 0 aliphatic heterocycles. The summed E-state index contributed by atoms with van der Waals surface area (Å²) in [5, 5.41) is 21.2. The molecule has 0 radical (unpaired) electrons. The molecule has 2 aliphatic rings. The number of fused-ring (bicyclic) bond motifs is 3. The number of rotatable bonds is 1. The van der Waals surface area contributed by atoms with Crippen LogP contribution in [0.4, 0.5) is 0 Å². The number of benzene rings is 1. The molecule has 3 atom stereocenters. The first-order chi connectivity index (χ1) is 10.7. The molecule has 1 fully saturated rings. The molecule has 23 heavy (non-hydrogen) atoms. The zero-order valence-electron chi connectivity index (χ0n) is 14.4. The van der Waals surface area contributed by atoms with Gasteiger partial charge in [0.1, 0.15) is 0 Å². The predicted molar refractivity (Wildman–Crippen MR) is 91.2 cm³/mol. The van der Waals surface area contributed by atoms with Gasteiger partial charge in [-0.1, -0.05) is 39.8 Å². The summed E-state index contributed by atoms with van der Waals surface area (Å²) in [5.74, 6) is 0.363. The van der Waals surface area contributed by atoms with Gasteiger partial charge < -0.3 is 10.2 Å². The number of Topliss-reactive ketones (excluding diaryl/α,β-unsaturated/α-hetero) is 1. The summed E-state index contributed by atoms with van der Waals surface area (Å²) in [6.07, 6.45) is 2.34. The fourth-order valence-electron chi connectivity index (χ4n) is 4.50. The molecule has 124 valence electrons. The molecule has 3 unspecified atom stereocenters. The zero-order valence-corrected chi connectivity index (χ0v) is 14.4. The summed E-state index contributed by atoms with van der Waals surface area (Å²) in [5.41, 5.74) is 2.63. The second kappa shape index (κ2) is 5.12. The van der Waals surface area contributed by atoms with Gasteiger partial charge >= 0.3 is 0 Å². The SMILES string of the molecule is C=C1C(C)CCC2(C)c3c(cc(C(C)C)c(O)c3O)C(=O)CC12. The van der Waals surface area contributed by atoms with Crippen LogP contribution in [0.3, 0.4) is 0 Å². The van der Waals surface area contributed by atoms with Crippen LogP contribution in [0.2, 0.25) is 0 Å². The standard InChI is InChI=1S/C20H26O3/c1-10(2)13-8-14-16(21)9-15-12(4)11(3)6-7-20(15,5)17(14)19(23)18(13)22/h8,10-11,15,22-23H,4,6-7,9H2,1-3,5H3. The van der Waals surface area contributed by atoms with E-state index in [9.17, 15) is 15.0 Å². The highest BCUT2D eigenvalue weighted by atomic mass is 16.3. The van der Waals surface area contributed by atoms with Gasteiger partial charge in [-0.2, -0.15) is 0 Å². The van der Waals surface area contributed by atoms with E-state index < -0.39 is 0 Å². The first kappa shape index (κ1) is 16.1. The number of hydrogen-bond acceptors (Lipinski definition) is 3. The molecule has 2 aliphatic carbocycles. The number of hydrogen-bond donors (Lipinski definition) is 2. The van der Waals surface area contributed by atoms with Crippen molar-refractivity contribution < 1.29 is 15.0 Å². The fraction of sp³-hybridized carbons (Fsp3) is 0.550. The molecule has 0 spiro atoms. The average Bonchev–Trinajstić information content (AvgIpc) is 2.48. The Bertz CT molecular complexity index is 701. The maximum Gasteiger partial charge on any atom is 0.163 e. The van der Waals surface area contributed by atoms with Gasteiger partial charge in [-0.3, -0.25) is 4.79 Å². The molecule has 3 nitrogen and oxygen atoms in total. The van der Waals surface area contributed by atoms with Crippen molar-refractivity contribution in [1.29, 1.82) is 0 Å². The Labute approximate surface area is 138 Å². The van der Waals surface area contributed by atoms with E-state index in [0.29, 0.717) is 29.0 Å². The lowest BCUT2D eigenvalue weighted by Crippen LogP contribution is -2.44. The minimum absolute atomic E-state index is 0.0430. The Morgan fingerprint density at radius 2 is 1.96 bits per heavy atom. The summed E-state index contributed by atoms with van der Waals surface area (Å²) in [6.45, 7) is 12.4. The topological polar surface area (TPSA) is 57.5 Å². The van der Waals surface area contributed by atoms with Crippen LogP contribution >= 0.6 is 0 Å². The van der Waals surface area contributed by atoms with E-state index >= 15 is 0 Å². The summed E-state index contributed by atoms with van der Waals surface area (Å²) in [6, 6.07) is 1.79. The van der Waals surface area contributed by atoms with Crippen LogP contribution in [0.25, 0.3) is 0 Å². The van der Waals surface area contributed by atoms with Crippen molar-refractivity contribution in [3.63, 3.8) is 0 Å². The first-order valence-electron chi connectivity index (χ1n) is 8.49. The molecule has 1 aromatic carbocycles. The monoisotopic (exact) mass is 314 g/mol. The number of allylic oxidation sites excluding steroid dienone is 1. The van der Waals surface area contributed by atoms with E-state index in [1.54, 1.807) is 6.07 Å². The zero-order chi connectivity index (χ0) is 17.1. The molecule has 0 aromatic heterocycles. The Balaban J connectivity index is 2.27. The van der Waals surface area contributed by atoms with Crippen molar-refractivity contribution in [3.05, 3.63) is 34.9 Å². The third kappa shape index (κ3) is 2.13. The Hall–Kier alpha value is -1.77. The Kier molecular flexibility index (Phi) is 3.58. The summed E-state index contributed by atoms with van der Waals surface area (Å²) >= 11 is 0. The van der Waals surface area contributed by atoms with Crippen molar-refractivity contribution in [2.45, 2.75) is 58.3 Å². The number of phenols is 2. The second-order valence-corrected chi connectivity index (χ2v) is 7.85. The molecule has 0 amide bonds. The molecule has 0 heterocycles. The summed E-state index contributed by atoms with van der Waals surface area (Å²) in [7, 11) is 0. The van der Waals surface area contributed by atoms with E-state index in [1.807, 2.05) is 13.8 Å². The van der Waals surface area contributed by atoms with Gasteiger partial charge in [-0.05, 0) is 36.7 Å². The van der Waals surface area contributed by atoms with Crippen LogP contribution in [0.1, 0.15) is 74.4 Å². The smallest absolute Gasteiger partial charge is 0.163 e. The molecule has 3 rings (SSSR count). The van der Waals surface area contributed by atoms with Crippen LogP contribution in [-0.4, -0.2) is 16.0 Å². The Morgan fingerprint density at radius 1 is 1.30 bits per heavy atom. The highest BCUT2D eigenvalue weighted by Crippen LogP contribution is 2.57. The molecule has 2 N–H and O–H groups in total. The van der Waals surface area contributed by atoms with Gasteiger partial charge in [-0.15, -0.1) is 0 Å². The van der Waals surface area contributed by atoms with E-state index in [2.05, 4.69) is 20.4 Å². The Morgan fingerprint density at radius 3 is 2.57 bits per heavy atom. The predicted octanol–water partition coefficient (Wildman–Crippen LogP) is 4.67. The molecule has 3 heteroatoms. The lowest BCUT2D eigenvalue weighted by atomic mass is 9.54. The van der Waals surface area contributed by atoms with E-state index in [1.165, 1.54) is 0 Å². The quantitative estimate of drug-likeness (QED) is 0.585. The maximum absolute atomic E-state index is 12.7. The highest BCUT2D eigenvalue weighted by molar-refractivity contribution is 6.01. The van der Waals surface area contributed by atoms with Crippen LogP contribution in [0.5, 0.6) is 11.5 Å². The third-order valence-electron chi connectivity index (χ3n) is 6.13. The van der Waals surface area contributed by atoms with Crippen molar-refractivity contribution in [2.24, 2.45) is 11.8 Å². The summed E-state index contributed by atoms with van der Waals surface area (Å²) in [4.78, 5) is 12.7. The van der Waals surface area contributed by atoms with Crippen molar-refractivity contribution >= 4 is 5.78 Å². The number of carbonyl (C=O) groups excluding carboxylic acids is 1. The van der Waals surface area contributed by atoms with Gasteiger partial charge in [0.2, 0.25) is 0 Å². The molecule has 0 saturated heterocycles. The van der Waals surface area contributed by atoms with Gasteiger partial charge in [0.15, 0.2) is 17.3 Å². The third-order valence-corrected chi connectivity index (χ3v) is 6.13. The van der Waals surface area contributed by atoms with Crippen molar-refractivity contribution in [3.8, 4) is 11.5 Å². The van der Waals surface area contributed by atoms with Crippen molar-refractivity contribution in [1.82, 2.24) is 0 Å². The van der Waals surface area contributed by atoms with Crippen LogP contribution in [-0.2, 0) is 5.41 Å². The molecule has 0 bridgehead atoms. The first-order valence-corrected chi connectivity index (χ1v) is 8.49. The minimum Gasteiger partial charge on any atom is -0.504 e. The maximum atomic E-state index is 12.7. The normalized spacial score (nSPS) is 30.3. The number of carbonyl (C=O) groups is 1. The van der Waals surface area contributed by atoms with E-state index in [-0.39, 0.29) is 34.5 Å². The number of phenolic OH excluding ortho intramolecular Hbond substituents is 2. The van der Waals surface area contributed by atoms with Crippen LogP contribution < -0.4 is 0 Å². The van der Waals surface area contributed by atoms with E-state index in [0.717, 1.165) is 18.4 Å². The second-order valence-electron chi connectivity index (χ2n) is 7.85. The van der Waals surface area contributed by atoms with Gasteiger partial charge in [0.05, 0.1) is 0 Å². The molecular formula is C20H26O3. The van der Waals surface area contributed by atoms with Crippen molar-refractivity contribution in [2.75, 3.05) is 0 Å². The molecule has 1 aromatic rings. The van der Waals surface area contributed by atoms with E-state index in [4.69, 9.17) is 0 Å². The molecule has 1 saturated carbocycles. The number of aromatic hydroxyl groups is 2. The lowest BCUT2D eigenvalue weighted by Gasteiger charge is -2.49. The minimum atomic E-state index is -0.329. The van der Waals surface area contributed by atoms with Gasteiger partial charge in [0.25, 0.3) is 0 Å². The average molecular weight is 314 g/mol. The fourth-order valence-corrected chi connectivity index (χ4v) is 4.50. The van der Waals surface area contributed by atoms with Gasteiger partial charge in [0, 0.05) is 28.5 Å². The molecular weight excluding hydrogens is 288 g/mol. The highest BCUT2D eigenvalue weighted by Gasteiger charge is 2.50. The number of ketones is 1. The summed E-state index contributed by atoms with van der Waals surface area (Å²) < 4.78 is 0. The van der Waals surface area contributed by atoms with Gasteiger partial charge in [-0.25, -0.2) is 0 Å². The van der Waals surface area contributed by atoms with Crippen LogP contribution in [0, 0.1) is 11.8 Å². The largest absolute Gasteiger partial charge is 0.504 e. The lowest BCUT2D eigenvalue weighted by molar-refractivity contribution is 0.0887.